The van der Waals surface area contributed by atoms with Crippen molar-refractivity contribution in [2.24, 2.45) is 7.05 Å². The zero-order valence-corrected chi connectivity index (χ0v) is 10.8. The summed E-state index contributed by atoms with van der Waals surface area (Å²) in [5.74, 6) is -0.749. The number of carbonyl (C=O) groups excluding carboxylic acids is 2. The van der Waals surface area contributed by atoms with Gasteiger partial charge in [-0.05, 0) is 6.42 Å². The molecule has 1 aromatic rings. The number of nitrogens with one attached hydrogen (secondary N) is 1. The molecule has 0 aromatic carbocycles. The molecule has 0 spiro atoms. The number of hydrogen-bond donors (Lipinski definition) is 2. The van der Waals surface area contributed by atoms with E-state index < -0.39 is 5.97 Å². The average molecular weight is 254 g/mol. The van der Waals surface area contributed by atoms with Gasteiger partial charge in [0.05, 0.1) is 17.8 Å². The monoisotopic (exact) mass is 254 g/mol. The quantitative estimate of drug-likeness (QED) is 0.712. The summed E-state index contributed by atoms with van der Waals surface area (Å²) in [4.78, 5) is 22.8. The lowest BCUT2D eigenvalue weighted by atomic mass is 10.2. The van der Waals surface area contributed by atoms with Gasteiger partial charge in [-0.3, -0.25) is 9.48 Å². The highest BCUT2D eigenvalue weighted by molar-refractivity contribution is 5.94. The number of esters is 1. The van der Waals surface area contributed by atoms with E-state index in [-0.39, 0.29) is 24.6 Å². The average Bonchev–Trinajstić information content (AvgIpc) is 2.63. The van der Waals surface area contributed by atoms with Gasteiger partial charge in [0.15, 0.2) is 5.69 Å². The van der Waals surface area contributed by atoms with E-state index in [1.807, 2.05) is 6.92 Å². The minimum absolute atomic E-state index is 0.0184. The van der Waals surface area contributed by atoms with E-state index in [1.165, 1.54) is 11.7 Å². The fourth-order valence-electron chi connectivity index (χ4n) is 1.53. The van der Waals surface area contributed by atoms with E-state index in [0.717, 1.165) is 0 Å². The van der Waals surface area contributed by atoms with Crippen LogP contribution in [0, 0.1) is 0 Å². The van der Waals surface area contributed by atoms with E-state index in [1.54, 1.807) is 7.05 Å². The van der Waals surface area contributed by atoms with Crippen molar-refractivity contribution in [3.63, 3.8) is 0 Å². The zero-order chi connectivity index (χ0) is 13.7. The number of aromatic nitrogens is 2. The molecule has 0 aliphatic carbocycles. The molecule has 0 atom stereocenters. The van der Waals surface area contributed by atoms with Crippen LogP contribution in [0.2, 0.25) is 0 Å². The molecule has 0 radical (unpaired) electrons. The van der Waals surface area contributed by atoms with E-state index in [0.29, 0.717) is 17.8 Å². The van der Waals surface area contributed by atoms with Crippen LogP contribution in [0.25, 0.3) is 0 Å². The number of amides is 1. The lowest BCUT2D eigenvalue weighted by Crippen LogP contribution is -2.21. The molecule has 0 bridgehead atoms. The summed E-state index contributed by atoms with van der Waals surface area (Å²) in [7, 11) is 3.15. The molecule has 100 valence electrons. The van der Waals surface area contributed by atoms with Gasteiger partial charge in [0, 0.05) is 14.1 Å². The van der Waals surface area contributed by atoms with Crippen molar-refractivity contribution in [3.8, 4) is 0 Å². The Morgan fingerprint density at radius 3 is 2.67 bits per heavy atom. The minimum atomic E-state index is -0.564. The lowest BCUT2D eigenvalue weighted by molar-refractivity contribution is -0.121. The molecule has 1 rings (SSSR count). The van der Waals surface area contributed by atoms with Crippen LogP contribution in [0.5, 0.6) is 0 Å². The number of aryl methyl sites for hydroxylation is 2. The molecule has 1 heterocycles. The molecule has 0 aliphatic rings. The van der Waals surface area contributed by atoms with E-state index >= 15 is 0 Å². The van der Waals surface area contributed by atoms with E-state index in [9.17, 15) is 9.59 Å². The fraction of sp³-hybridized carbons (Fsp3) is 0.545. The molecule has 18 heavy (non-hydrogen) atoms. The molecule has 0 unspecified atom stereocenters. The Morgan fingerprint density at radius 2 is 2.17 bits per heavy atom. The predicted molar refractivity (Wildman–Crippen MR) is 66.0 cm³/mol. The molecule has 1 aromatic heterocycles. The van der Waals surface area contributed by atoms with Gasteiger partial charge in [-0.1, -0.05) is 6.92 Å². The Morgan fingerprint density at radius 1 is 1.50 bits per heavy atom. The maximum Gasteiger partial charge on any atom is 0.358 e. The number of ether oxygens (including phenoxy) is 1. The van der Waals surface area contributed by atoms with Crippen LogP contribution in [0.4, 0.5) is 5.69 Å². The number of nitrogens with zero attached hydrogens (tertiary/aromatic N) is 2. The van der Waals surface area contributed by atoms with Gasteiger partial charge in [0.1, 0.15) is 6.61 Å². The summed E-state index contributed by atoms with van der Waals surface area (Å²) in [6, 6.07) is 0. The number of rotatable bonds is 5. The Balaban J connectivity index is 2.67. The van der Waals surface area contributed by atoms with Gasteiger partial charge < -0.3 is 15.8 Å². The normalized spacial score (nSPS) is 10.2. The maximum absolute atomic E-state index is 11.8. The van der Waals surface area contributed by atoms with Crippen LogP contribution in [0.1, 0.15) is 29.5 Å². The first-order valence-electron chi connectivity index (χ1n) is 5.70. The van der Waals surface area contributed by atoms with Gasteiger partial charge in [-0.25, -0.2) is 4.79 Å². The first kappa shape index (κ1) is 14.0. The number of nitrogen functional groups attached to an aromatic ring is 1. The smallest absolute Gasteiger partial charge is 0.358 e. The number of hydrogen-bond acceptors (Lipinski definition) is 5. The second-order valence-corrected chi connectivity index (χ2v) is 3.75. The van der Waals surface area contributed by atoms with Crippen LogP contribution in [0.15, 0.2) is 0 Å². The van der Waals surface area contributed by atoms with Crippen LogP contribution in [-0.2, 0) is 23.0 Å². The molecular weight excluding hydrogens is 236 g/mol. The highest BCUT2D eigenvalue weighted by Gasteiger charge is 2.20. The Hall–Kier alpha value is -2.05. The fourth-order valence-corrected chi connectivity index (χ4v) is 1.53. The van der Waals surface area contributed by atoms with Crippen molar-refractivity contribution in [2.75, 3.05) is 19.4 Å². The molecule has 0 saturated carbocycles. The second-order valence-electron chi connectivity index (χ2n) is 3.75. The summed E-state index contributed by atoms with van der Waals surface area (Å²) < 4.78 is 6.38. The minimum Gasteiger partial charge on any atom is -0.460 e. The topological polar surface area (TPSA) is 99.2 Å². The molecule has 0 saturated heterocycles. The Kier molecular flexibility index (Phi) is 4.70. The SMILES string of the molecule is CCc1nn(C)c(C(=O)OCCC(=O)NC)c1N. The third-order valence-corrected chi connectivity index (χ3v) is 2.53. The third kappa shape index (κ3) is 2.99. The molecule has 1 amide bonds. The highest BCUT2D eigenvalue weighted by Crippen LogP contribution is 2.17. The van der Waals surface area contributed by atoms with Gasteiger partial charge in [-0.2, -0.15) is 5.10 Å². The maximum atomic E-state index is 11.8. The molecule has 3 N–H and O–H groups in total. The van der Waals surface area contributed by atoms with Crippen molar-refractivity contribution < 1.29 is 14.3 Å². The Bertz CT molecular complexity index is 453. The predicted octanol–water partition coefficient (Wildman–Crippen LogP) is -0.142. The first-order valence-corrected chi connectivity index (χ1v) is 5.70. The van der Waals surface area contributed by atoms with Gasteiger partial charge >= 0.3 is 5.97 Å². The summed E-state index contributed by atoms with van der Waals surface area (Å²) >= 11 is 0. The van der Waals surface area contributed by atoms with Crippen molar-refractivity contribution in [2.45, 2.75) is 19.8 Å². The van der Waals surface area contributed by atoms with Crippen LogP contribution in [-0.4, -0.2) is 35.3 Å². The number of carbonyl (C=O) groups is 2. The summed E-state index contributed by atoms with van der Waals surface area (Å²) in [5, 5.41) is 6.56. The first-order chi connectivity index (χ1) is 8.51. The summed E-state index contributed by atoms with van der Waals surface area (Å²) in [5.41, 5.74) is 7.04. The van der Waals surface area contributed by atoms with E-state index in [2.05, 4.69) is 10.4 Å². The van der Waals surface area contributed by atoms with Crippen LogP contribution in [0.3, 0.4) is 0 Å². The van der Waals surface area contributed by atoms with Crippen molar-refractivity contribution in [1.82, 2.24) is 15.1 Å². The van der Waals surface area contributed by atoms with E-state index in [4.69, 9.17) is 10.5 Å². The Labute approximate surface area is 105 Å². The zero-order valence-electron chi connectivity index (χ0n) is 10.8. The molecule has 7 heteroatoms. The highest BCUT2D eigenvalue weighted by atomic mass is 16.5. The van der Waals surface area contributed by atoms with Crippen molar-refractivity contribution in [1.29, 1.82) is 0 Å². The number of anilines is 1. The lowest BCUT2D eigenvalue weighted by Gasteiger charge is -2.05. The van der Waals surface area contributed by atoms with Crippen LogP contribution < -0.4 is 11.1 Å². The molecule has 0 aliphatic heterocycles. The largest absolute Gasteiger partial charge is 0.460 e. The van der Waals surface area contributed by atoms with Crippen molar-refractivity contribution in [3.05, 3.63) is 11.4 Å². The van der Waals surface area contributed by atoms with Gasteiger partial charge in [0.2, 0.25) is 5.91 Å². The molecule has 0 fully saturated rings. The van der Waals surface area contributed by atoms with Crippen molar-refractivity contribution >= 4 is 17.6 Å². The summed E-state index contributed by atoms with van der Waals surface area (Å²) in [6.45, 7) is 1.92. The standard InChI is InChI=1S/C11H18N4O3/c1-4-7-9(12)10(15(3)14-7)11(17)18-6-5-8(16)13-2/h4-6,12H2,1-3H3,(H,13,16). The molecule has 7 nitrogen and oxygen atoms in total. The van der Waals surface area contributed by atoms with Crippen LogP contribution >= 0.6 is 0 Å². The summed E-state index contributed by atoms with van der Waals surface area (Å²) in [6.07, 6.45) is 0.770. The third-order valence-electron chi connectivity index (χ3n) is 2.53. The number of nitrogens with two attached hydrogens (primary N) is 1. The second kappa shape index (κ2) is 6.04. The molecular formula is C11H18N4O3. The van der Waals surface area contributed by atoms with Gasteiger partial charge in [-0.15, -0.1) is 0 Å². The van der Waals surface area contributed by atoms with Gasteiger partial charge in [0.25, 0.3) is 0 Å².